The van der Waals surface area contributed by atoms with Crippen molar-refractivity contribution < 1.29 is 4.74 Å². The van der Waals surface area contributed by atoms with Gasteiger partial charge in [0, 0.05) is 12.3 Å². The fourth-order valence-electron chi connectivity index (χ4n) is 1.19. The van der Waals surface area contributed by atoms with Crippen molar-refractivity contribution in [2.45, 2.75) is 20.5 Å². The normalized spacial score (nSPS) is 9.79. The lowest BCUT2D eigenvalue weighted by Gasteiger charge is -2.03. The van der Waals surface area contributed by atoms with Gasteiger partial charge in [-0.05, 0) is 25.5 Å². The van der Waals surface area contributed by atoms with Gasteiger partial charge in [0.15, 0.2) is 0 Å². The number of H-pyrrole nitrogens is 1. The standard InChI is InChI=1S/C10H12N2O2/c1-3-14-6-8-4-7(2)9(5-11)10(13)12-8/h4H,3,6H2,1-2H3,(H,12,13). The highest BCUT2D eigenvalue weighted by Gasteiger charge is 2.04. The van der Waals surface area contributed by atoms with Gasteiger partial charge in [-0.2, -0.15) is 5.26 Å². The molecule has 0 saturated heterocycles. The number of nitrogens with zero attached hydrogens (tertiary/aromatic N) is 1. The van der Waals surface area contributed by atoms with Crippen LogP contribution < -0.4 is 5.56 Å². The lowest BCUT2D eigenvalue weighted by atomic mass is 10.1. The number of aromatic amines is 1. The van der Waals surface area contributed by atoms with Crippen molar-refractivity contribution in [3.05, 3.63) is 33.2 Å². The highest BCUT2D eigenvalue weighted by molar-refractivity contribution is 5.35. The maximum absolute atomic E-state index is 11.3. The lowest BCUT2D eigenvalue weighted by Crippen LogP contribution is -2.14. The number of nitriles is 1. The fourth-order valence-corrected chi connectivity index (χ4v) is 1.19. The summed E-state index contributed by atoms with van der Waals surface area (Å²) in [6.07, 6.45) is 0. The maximum Gasteiger partial charge on any atom is 0.266 e. The maximum atomic E-state index is 11.3. The summed E-state index contributed by atoms with van der Waals surface area (Å²) in [6.45, 7) is 4.59. The van der Waals surface area contributed by atoms with E-state index in [0.29, 0.717) is 24.5 Å². The van der Waals surface area contributed by atoms with Gasteiger partial charge in [-0.15, -0.1) is 0 Å². The topological polar surface area (TPSA) is 65.9 Å². The average molecular weight is 192 g/mol. The Labute approximate surface area is 82.1 Å². The molecule has 0 saturated carbocycles. The first-order valence-corrected chi connectivity index (χ1v) is 4.39. The first-order valence-electron chi connectivity index (χ1n) is 4.39. The largest absolute Gasteiger partial charge is 0.376 e. The molecule has 4 heteroatoms. The number of hydrogen-bond acceptors (Lipinski definition) is 3. The summed E-state index contributed by atoms with van der Waals surface area (Å²) in [7, 11) is 0. The van der Waals surface area contributed by atoms with Crippen molar-refractivity contribution in [2.24, 2.45) is 0 Å². The summed E-state index contributed by atoms with van der Waals surface area (Å²) in [5.41, 5.74) is 1.21. The number of hydrogen-bond donors (Lipinski definition) is 1. The van der Waals surface area contributed by atoms with Gasteiger partial charge in [-0.1, -0.05) is 0 Å². The number of pyridine rings is 1. The van der Waals surface area contributed by atoms with Crippen molar-refractivity contribution in [3.63, 3.8) is 0 Å². The third kappa shape index (κ3) is 2.21. The molecule has 0 bridgehead atoms. The quantitative estimate of drug-likeness (QED) is 0.779. The Morgan fingerprint density at radius 2 is 2.36 bits per heavy atom. The van der Waals surface area contributed by atoms with Crippen LogP contribution in [0.3, 0.4) is 0 Å². The molecule has 14 heavy (non-hydrogen) atoms. The minimum Gasteiger partial charge on any atom is -0.376 e. The monoisotopic (exact) mass is 192 g/mol. The summed E-state index contributed by atoms with van der Waals surface area (Å²) in [6, 6.07) is 3.62. The van der Waals surface area contributed by atoms with Crippen molar-refractivity contribution >= 4 is 0 Å². The number of aryl methyl sites for hydroxylation is 1. The van der Waals surface area contributed by atoms with E-state index in [-0.39, 0.29) is 11.1 Å². The smallest absolute Gasteiger partial charge is 0.266 e. The van der Waals surface area contributed by atoms with Gasteiger partial charge in [0.25, 0.3) is 5.56 Å². The van der Waals surface area contributed by atoms with Crippen molar-refractivity contribution in [2.75, 3.05) is 6.61 Å². The van der Waals surface area contributed by atoms with Gasteiger partial charge in [-0.25, -0.2) is 0 Å². The zero-order valence-electron chi connectivity index (χ0n) is 8.26. The van der Waals surface area contributed by atoms with Crippen LogP contribution in [0.5, 0.6) is 0 Å². The molecule has 74 valence electrons. The number of nitrogens with one attached hydrogen (secondary N) is 1. The second kappa shape index (κ2) is 4.58. The van der Waals surface area contributed by atoms with E-state index in [1.54, 1.807) is 13.0 Å². The van der Waals surface area contributed by atoms with Crippen LogP contribution in [-0.4, -0.2) is 11.6 Å². The van der Waals surface area contributed by atoms with Crippen LogP contribution in [0, 0.1) is 18.3 Å². The fraction of sp³-hybridized carbons (Fsp3) is 0.400. The Morgan fingerprint density at radius 1 is 1.64 bits per heavy atom. The number of aromatic nitrogens is 1. The highest BCUT2D eigenvalue weighted by Crippen LogP contribution is 2.03. The molecule has 1 heterocycles. The van der Waals surface area contributed by atoms with Gasteiger partial charge in [0.1, 0.15) is 11.6 Å². The molecule has 0 aliphatic carbocycles. The minimum atomic E-state index is -0.345. The van der Waals surface area contributed by atoms with E-state index in [0.717, 1.165) is 0 Å². The van der Waals surface area contributed by atoms with Crippen LogP contribution >= 0.6 is 0 Å². The highest BCUT2D eigenvalue weighted by atomic mass is 16.5. The Hall–Kier alpha value is -1.60. The van der Waals surface area contributed by atoms with Gasteiger partial charge in [0.05, 0.1) is 6.61 Å². The molecule has 0 aliphatic heterocycles. The third-order valence-electron chi connectivity index (χ3n) is 1.86. The average Bonchev–Trinajstić information content (AvgIpc) is 2.14. The molecule has 0 fully saturated rings. The molecule has 1 aromatic heterocycles. The second-order valence-electron chi connectivity index (χ2n) is 2.93. The summed E-state index contributed by atoms with van der Waals surface area (Å²) in [5.74, 6) is 0. The molecule has 1 rings (SSSR count). The Bertz CT molecular complexity index is 415. The predicted molar refractivity (Wildman–Crippen MR) is 51.8 cm³/mol. The molecule has 1 aromatic rings. The van der Waals surface area contributed by atoms with Crippen LogP contribution in [0.4, 0.5) is 0 Å². The van der Waals surface area contributed by atoms with Crippen LogP contribution in [0.1, 0.15) is 23.7 Å². The zero-order valence-corrected chi connectivity index (χ0v) is 8.26. The Kier molecular flexibility index (Phi) is 3.43. The van der Waals surface area contributed by atoms with Crippen LogP contribution in [0.25, 0.3) is 0 Å². The van der Waals surface area contributed by atoms with E-state index in [2.05, 4.69) is 4.98 Å². The van der Waals surface area contributed by atoms with E-state index in [4.69, 9.17) is 10.00 Å². The molecule has 0 unspecified atom stereocenters. The first-order chi connectivity index (χ1) is 6.69. The van der Waals surface area contributed by atoms with Gasteiger partial charge < -0.3 is 9.72 Å². The van der Waals surface area contributed by atoms with Crippen LogP contribution in [0.2, 0.25) is 0 Å². The molecule has 0 amide bonds. The third-order valence-corrected chi connectivity index (χ3v) is 1.86. The number of rotatable bonds is 3. The summed E-state index contributed by atoms with van der Waals surface area (Å²) >= 11 is 0. The Morgan fingerprint density at radius 3 is 2.86 bits per heavy atom. The van der Waals surface area contributed by atoms with Crippen molar-refractivity contribution in [3.8, 4) is 6.07 Å². The predicted octanol–water partition coefficient (Wildman–Crippen LogP) is 1.09. The molecule has 0 spiro atoms. The first kappa shape index (κ1) is 10.5. The molecular formula is C10H12N2O2. The van der Waals surface area contributed by atoms with Crippen LogP contribution in [-0.2, 0) is 11.3 Å². The molecule has 0 radical (unpaired) electrons. The van der Waals surface area contributed by atoms with Gasteiger partial charge >= 0.3 is 0 Å². The SMILES string of the molecule is CCOCc1cc(C)c(C#N)c(=O)[nH]1. The minimum absolute atomic E-state index is 0.172. The van der Waals surface area contributed by atoms with Crippen LogP contribution in [0.15, 0.2) is 10.9 Å². The van der Waals surface area contributed by atoms with E-state index in [1.165, 1.54) is 0 Å². The summed E-state index contributed by atoms with van der Waals surface area (Å²) in [5, 5.41) is 8.66. The summed E-state index contributed by atoms with van der Waals surface area (Å²) < 4.78 is 5.15. The van der Waals surface area contributed by atoms with Gasteiger partial charge in [-0.3, -0.25) is 4.79 Å². The molecule has 0 aromatic carbocycles. The molecule has 4 nitrogen and oxygen atoms in total. The van der Waals surface area contributed by atoms with E-state index in [9.17, 15) is 4.79 Å². The second-order valence-corrected chi connectivity index (χ2v) is 2.93. The van der Waals surface area contributed by atoms with E-state index < -0.39 is 0 Å². The molecule has 0 atom stereocenters. The molecule has 1 N–H and O–H groups in total. The summed E-state index contributed by atoms with van der Waals surface area (Å²) in [4.78, 5) is 13.9. The zero-order chi connectivity index (χ0) is 10.6. The number of ether oxygens (including phenoxy) is 1. The molecule has 0 aliphatic rings. The molecular weight excluding hydrogens is 180 g/mol. The van der Waals surface area contributed by atoms with E-state index in [1.807, 2.05) is 13.0 Å². The Balaban J connectivity index is 3.04. The van der Waals surface area contributed by atoms with Gasteiger partial charge in [0.2, 0.25) is 0 Å². The van der Waals surface area contributed by atoms with E-state index >= 15 is 0 Å². The lowest BCUT2D eigenvalue weighted by molar-refractivity contribution is 0.131. The van der Waals surface area contributed by atoms with Crippen molar-refractivity contribution in [1.29, 1.82) is 5.26 Å². The van der Waals surface area contributed by atoms with Crippen molar-refractivity contribution in [1.82, 2.24) is 4.98 Å².